The predicted octanol–water partition coefficient (Wildman–Crippen LogP) is 3.45. The Labute approximate surface area is 140 Å². The standard InChI is InChI=1S/C19H20N4O/c20-19(10-4-5-11-19)18-22-17(24-23-18)16-9-8-15(13-21-16)12-14-6-2-1-3-7-14/h1-3,6-9,13H,4-5,10-12,20H2. The third kappa shape index (κ3) is 2.95. The molecule has 5 heteroatoms. The van der Waals surface area contributed by atoms with Gasteiger partial charge >= 0.3 is 0 Å². The van der Waals surface area contributed by atoms with Crippen LogP contribution >= 0.6 is 0 Å². The molecular formula is C19H20N4O. The first-order chi connectivity index (χ1) is 11.7. The number of nitrogens with two attached hydrogens (primary N) is 1. The van der Waals surface area contributed by atoms with Gasteiger partial charge in [0.2, 0.25) is 0 Å². The second-order valence-electron chi connectivity index (χ2n) is 6.50. The molecule has 0 aliphatic heterocycles. The number of pyridine rings is 1. The van der Waals surface area contributed by atoms with E-state index in [2.05, 4.69) is 27.3 Å². The minimum absolute atomic E-state index is 0.436. The van der Waals surface area contributed by atoms with Crippen LogP contribution in [0.2, 0.25) is 0 Å². The van der Waals surface area contributed by atoms with E-state index in [1.807, 2.05) is 36.5 Å². The zero-order chi connectivity index (χ0) is 16.4. The maximum absolute atomic E-state index is 6.38. The molecule has 2 aromatic heterocycles. The lowest BCUT2D eigenvalue weighted by molar-refractivity contribution is 0.372. The van der Waals surface area contributed by atoms with Crippen LogP contribution in [0.25, 0.3) is 11.6 Å². The van der Waals surface area contributed by atoms with Gasteiger partial charge in [0.25, 0.3) is 5.89 Å². The Morgan fingerprint density at radius 3 is 2.50 bits per heavy atom. The summed E-state index contributed by atoms with van der Waals surface area (Å²) in [5, 5.41) is 4.09. The first-order valence-electron chi connectivity index (χ1n) is 8.35. The minimum Gasteiger partial charge on any atom is -0.332 e. The SMILES string of the molecule is NC1(c2noc(-c3ccc(Cc4ccccc4)cn3)n2)CCCC1. The quantitative estimate of drug-likeness (QED) is 0.796. The Bertz CT molecular complexity index is 805. The molecule has 5 nitrogen and oxygen atoms in total. The van der Waals surface area contributed by atoms with Crippen molar-refractivity contribution in [2.45, 2.75) is 37.6 Å². The van der Waals surface area contributed by atoms with Crippen molar-refractivity contribution in [3.05, 3.63) is 65.6 Å². The van der Waals surface area contributed by atoms with Gasteiger partial charge in [0, 0.05) is 6.20 Å². The summed E-state index contributed by atoms with van der Waals surface area (Å²) < 4.78 is 5.38. The molecule has 1 aliphatic rings. The first-order valence-corrected chi connectivity index (χ1v) is 8.35. The highest BCUT2D eigenvalue weighted by Crippen LogP contribution is 2.35. The Hall–Kier alpha value is -2.53. The van der Waals surface area contributed by atoms with Crippen molar-refractivity contribution in [2.75, 3.05) is 0 Å². The smallest absolute Gasteiger partial charge is 0.276 e. The number of benzene rings is 1. The van der Waals surface area contributed by atoms with E-state index in [1.165, 1.54) is 5.56 Å². The second-order valence-corrected chi connectivity index (χ2v) is 6.50. The third-order valence-electron chi connectivity index (χ3n) is 4.66. The van der Waals surface area contributed by atoms with E-state index in [9.17, 15) is 0 Å². The summed E-state index contributed by atoms with van der Waals surface area (Å²) in [6.45, 7) is 0. The van der Waals surface area contributed by atoms with Gasteiger partial charge in [0.1, 0.15) is 5.69 Å². The highest BCUT2D eigenvalue weighted by Gasteiger charge is 2.36. The highest BCUT2D eigenvalue weighted by molar-refractivity contribution is 5.47. The van der Waals surface area contributed by atoms with Crippen molar-refractivity contribution in [3.63, 3.8) is 0 Å². The molecule has 0 amide bonds. The van der Waals surface area contributed by atoms with E-state index < -0.39 is 5.54 Å². The van der Waals surface area contributed by atoms with Crippen molar-refractivity contribution in [2.24, 2.45) is 5.73 Å². The fourth-order valence-electron chi connectivity index (χ4n) is 3.25. The van der Waals surface area contributed by atoms with Crippen LogP contribution in [-0.4, -0.2) is 15.1 Å². The van der Waals surface area contributed by atoms with E-state index in [0.717, 1.165) is 37.7 Å². The van der Waals surface area contributed by atoms with Gasteiger partial charge in [-0.15, -0.1) is 0 Å². The fourth-order valence-corrected chi connectivity index (χ4v) is 3.25. The number of rotatable bonds is 4. The van der Waals surface area contributed by atoms with Gasteiger partial charge in [-0.05, 0) is 36.5 Å². The average Bonchev–Trinajstić information content (AvgIpc) is 3.27. The molecule has 0 spiro atoms. The zero-order valence-electron chi connectivity index (χ0n) is 13.5. The number of nitrogens with zero attached hydrogens (tertiary/aromatic N) is 3. The molecule has 0 saturated heterocycles. The summed E-state index contributed by atoms with van der Waals surface area (Å²) in [6, 6.07) is 14.3. The summed E-state index contributed by atoms with van der Waals surface area (Å²) in [5.74, 6) is 1.04. The molecule has 0 bridgehead atoms. The maximum Gasteiger partial charge on any atom is 0.276 e. The number of aromatic nitrogens is 3. The first kappa shape index (κ1) is 15.0. The minimum atomic E-state index is -0.436. The molecule has 1 aliphatic carbocycles. The fraction of sp³-hybridized carbons (Fsp3) is 0.316. The Morgan fingerprint density at radius 2 is 1.79 bits per heavy atom. The van der Waals surface area contributed by atoms with Gasteiger partial charge in [0.05, 0.1) is 5.54 Å². The molecule has 1 fully saturated rings. The lowest BCUT2D eigenvalue weighted by Crippen LogP contribution is -2.34. The van der Waals surface area contributed by atoms with Gasteiger partial charge in [0.15, 0.2) is 5.82 Å². The molecule has 122 valence electrons. The van der Waals surface area contributed by atoms with E-state index in [1.54, 1.807) is 0 Å². The van der Waals surface area contributed by atoms with Crippen LogP contribution in [0.4, 0.5) is 0 Å². The van der Waals surface area contributed by atoms with Gasteiger partial charge in [-0.25, -0.2) is 0 Å². The second kappa shape index (κ2) is 6.17. The Kier molecular flexibility index (Phi) is 3.86. The van der Waals surface area contributed by atoms with Crippen molar-refractivity contribution in [1.82, 2.24) is 15.1 Å². The van der Waals surface area contributed by atoms with Crippen molar-refractivity contribution in [3.8, 4) is 11.6 Å². The van der Waals surface area contributed by atoms with E-state index >= 15 is 0 Å². The van der Waals surface area contributed by atoms with Gasteiger partial charge in [-0.3, -0.25) is 4.98 Å². The molecular weight excluding hydrogens is 300 g/mol. The summed E-state index contributed by atoms with van der Waals surface area (Å²) >= 11 is 0. The topological polar surface area (TPSA) is 77.8 Å². The van der Waals surface area contributed by atoms with Crippen LogP contribution < -0.4 is 5.73 Å². The van der Waals surface area contributed by atoms with Crippen LogP contribution in [0.15, 0.2) is 53.2 Å². The van der Waals surface area contributed by atoms with Crippen LogP contribution in [-0.2, 0) is 12.0 Å². The molecule has 1 aromatic carbocycles. The summed E-state index contributed by atoms with van der Waals surface area (Å²) in [5.41, 5.74) is 9.04. The molecule has 0 unspecified atom stereocenters. The van der Waals surface area contributed by atoms with Gasteiger partial charge in [-0.1, -0.05) is 54.4 Å². The molecule has 4 rings (SSSR count). The van der Waals surface area contributed by atoms with E-state index in [-0.39, 0.29) is 0 Å². The number of hydrogen-bond donors (Lipinski definition) is 1. The van der Waals surface area contributed by atoms with Crippen LogP contribution in [0.5, 0.6) is 0 Å². The molecule has 2 heterocycles. The molecule has 24 heavy (non-hydrogen) atoms. The zero-order valence-corrected chi connectivity index (χ0v) is 13.5. The third-order valence-corrected chi connectivity index (χ3v) is 4.66. The lowest BCUT2D eigenvalue weighted by Gasteiger charge is -2.17. The van der Waals surface area contributed by atoms with Crippen LogP contribution in [0, 0.1) is 0 Å². The summed E-state index contributed by atoms with van der Waals surface area (Å²) in [4.78, 5) is 8.95. The molecule has 3 aromatic rings. The van der Waals surface area contributed by atoms with Crippen LogP contribution in [0.1, 0.15) is 42.6 Å². The maximum atomic E-state index is 6.38. The Morgan fingerprint density at radius 1 is 1.00 bits per heavy atom. The van der Waals surface area contributed by atoms with E-state index in [0.29, 0.717) is 17.4 Å². The van der Waals surface area contributed by atoms with E-state index in [4.69, 9.17) is 10.3 Å². The van der Waals surface area contributed by atoms with Crippen LogP contribution in [0.3, 0.4) is 0 Å². The molecule has 0 radical (unpaired) electrons. The summed E-state index contributed by atoms with van der Waals surface area (Å²) in [7, 11) is 0. The highest BCUT2D eigenvalue weighted by atomic mass is 16.5. The summed E-state index contributed by atoms with van der Waals surface area (Å²) in [6.07, 6.45) is 6.78. The monoisotopic (exact) mass is 320 g/mol. The van der Waals surface area contributed by atoms with Gasteiger partial charge in [-0.2, -0.15) is 4.98 Å². The van der Waals surface area contributed by atoms with Crippen molar-refractivity contribution < 1.29 is 4.52 Å². The number of hydrogen-bond acceptors (Lipinski definition) is 5. The average molecular weight is 320 g/mol. The van der Waals surface area contributed by atoms with Crippen molar-refractivity contribution >= 4 is 0 Å². The molecule has 0 atom stereocenters. The molecule has 1 saturated carbocycles. The Balaban J connectivity index is 1.52. The predicted molar refractivity (Wildman–Crippen MR) is 91.1 cm³/mol. The van der Waals surface area contributed by atoms with Crippen molar-refractivity contribution in [1.29, 1.82) is 0 Å². The largest absolute Gasteiger partial charge is 0.332 e. The lowest BCUT2D eigenvalue weighted by atomic mass is 9.99. The van der Waals surface area contributed by atoms with Gasteiger partial charge < -0.3 is 10.3 Å². The molecule has 2 N–H and O–H groups in total. The normalized spacial score (nSPS) is 16.4.